The summed E-state index contributed by atoms with van der Waals surface area (Å²) in [6, 6.07) is 11.6. The average molecular weight is 438 g/mol. The Balaban J connectivity index is 1.60. The van der Waals surface area contributed by atoms with Gasteiger partial charge in [-0.25, -0.2) is 0 Å². The average Bonchev–Trinajstić information content (AvgIpc) is 3.44. The zero-order chi connectivity index (χ0) is 22.6. The Morgan fingerprint density at radius 1 is 1.18 bits per heavy atom. The van der Waals surface area contributed by atoms with Gasteiger partial charge in [-0.15, -0.1) is 0 Å². The number of pyridine rings is 1. The van der Waals surface area contributed by atoms with Crippen molar-refractivity contribution in [1.29, 1.82) is 0 Å². The fourth-order valence-corrected chi connectivity index (χ4v) is 3.49. The summed E-state index contributed by atoms with van der Waals surface area (Å²) in [6.07, 6.45) is 12.8. The maximum absolute atomic E-state index is 6.30. The van der Waals surface area contributed by atoms with E-state index in [1.54, 1.807) is 23.3 Å². The van der Waals surface area contributed by atoms with Crippen molar-refractivity contribution in [2.24, 2.45) is 12.8 Å². The maximum atomic E-state index is 6.30. The van der Waals surface area contributed by atoms with Crippen LogP contribution in [0.3, 0.4) is 0 Å². The molecule has 0 radical (unpaired) electrons. The fraction of sp³-hybridized carbons (Fsp3) is 0.0833. The van der Waals surface area contributed by atoms with E-state index in [1.807, 2.05) is 68.0 Å². The van der Waals surface area contributed by atoms with Gasteiger partial charge < -0.3 is 20.8 Å². The second kappa shape index (κ2) is 8.93. The summed E-state index contributed by atoms with van der Waals surface area (Å²) in [4.78, 5) is 16.8. The number of fused-ring (bicyclic) bond motifs is 1. The third-order valence-electron chi connectivity index (χ3n) is 4.95. The summed E-state index contributed by atoms with van der Waals surface area (Å²) in [5.74, 6) is 1.47. The Morgan fingerprint density at radius 2 is 2.12 bits per heavy atom. The number of aromatic nitrogens is 6. The lowest BCUT2D eigenvalue weighted by Crippen LogP contribution is -2.00. The van der Waals surface area contributed by atoms with Gasteiger partial charge in [0.05, 0.1) is 17.3 Å². The van der Waals surface area contributed by atoms with Crippen LogP contribution in [0.1, 0.15) is 5.56 Å². The first-order valence-corrected chi connectivity index (χ1v) is 10.4. The number of anilines is 2. The van der Waals surface area contributed by atoms with Gasteiger partial charge in [0, 0.05) is 49.5 Å². The molecule has 1 aromatic carbocycles. The zero-order valence-corrected chi connectivity index (χ0v) is 17.9. The second-order valence-electron chi connectivity index (χ2n) is 7.36. The minimum Gasteiger partial charge on any atom is -0.438 e. The molecule has 0 aliphatic rings. The molecule has 0 bridgehead atoms. The van der Waals surface area contributed by atoms with Crippen molar-refractivity contribution in [2.75, 3.05) is 11.9 Å². The molecule has 0 spiro atoms. The molecule has 9 heteroatoms. The molecule has 0 amide bonds. The highest BCUT2D eigenvalue weighted by atomic mass is 16.5. The molecule has 0 saturated heterocycles. The molecule has 33 heavy (non-hydrogen) atoms. The van der Waals surface area contributed by atoms with E-state index in [0.717, 1.165) is 27.8 Å². The number of nitrogens with zero attached hydrogens (tertiary/aromatic N) is 5. The summed E-state index contributed by atoms with van der Waals surface area (Å²) in [7, 11) is 1.85. The van der Waals surface area contributed by atoms with Gasteiger partial charge in [-0.05, 0) is 23.8 Å². The van der Waals surface area contributed by atoms with Crippen LogP contribution in [0.2, 0.25) is 0 Å². The summed E-state index contributed by atoms with van der Waals surface area (Å²) >= 11 is 0. The van der Waals surface area contributed by atoms with Gasteiger partial charge in [-0.3, -0.25) is 9.67 Å². The van der Waals surface area contributed by atoms with E-state index in [2.05, 4.69) is 25.4 Å². The SMILES string of the molecule is Cn1cc(Nc2nc(Oc3cccc(C=CCN)c3)c3c(-c4cccnc4)c[nH]c3n2)cn1. The number of hydrogen-bond acceptors (Lipinski definition) is 7. The molecule has 5 aromatic rings. The Hall–Kier alpha value is -4.50. The van der Waals surface area contributed by atoms with E-state index in [4.69, 9.17) is 15.5 Å². The topological polar surface area (TPSA) is 120 Å². The zero-order valence-electron chi connectivity index (χ0n) is 17.9. The van der Waals surface area contributed by atoms with E-state index in [1.165, 1.54) is 0 Å². The molecule has 9 nitrogen and oxygen atoms in total. The Bertz CT molecular complexity index is 1420. The molecule has 4 N–H and O–H groups in total. The molecule has 164 valence electrons. The molecule has 0 unspecified atom stereocenters. The summed E-state index contributed by atoms with van der Waals surface area (Å²) in [5.41, 5.74) is 9.82. The summed E-state index contributed by atoms with van der Waals surface area (Å²) < 4.78 is 8.00. The number of aromatic amines is 1. The van der Waals surface area contributed by atoms with Crippen LogP contribution < -0.4 is 15.8 Å². The van der Waals surface area contributed by atoms with Crippen molar-refractivity contribution in [3.05, 3.63) is 79.0 Å². The van der Waals surface area contributed by atoms with Crippen LogP contribution in [0.25, 0.3) is 28.2 Å². The molecule has 0 atom stereocenters. The quantitative estimate of drug-likeness (QED) is 0.347. The van der Waals surface area contributed by atoms with Crippen molar-refractivity contribution >= 4 is 28.7 Å². The minimum atomic E-state index is 0.393. The highest BCUT2D eigenvalue weighted by Crippen LogP contribution is 2.36. The maximum Gasteiger partial charge on any atom is 0.234 e. The minimum absolute atomic E-state index is 0.393. The van der Waals surface area contributed by atoms with Crippen LogP contribution in [0.15, 0.2) is 73.5 Å². The van der Waals surface area contributed by atoms with Crippen molar-refractivity contribution in [3.8, 4) is 22.8 Å². The van der Waals surface area contributed by atoms with Crippen LogP contribution in [-0.4, -0.2) is 36.3 Å². The Labute approximate surface area is 190 Å². The first kappa shape index (κ1) is 20.4. The number of benzene rings is 1. The number of rotatable bonds is 7. The smallest absolute Gasteiger partial charge is 0.234 e. The molecule has 5 rings (SSSR count). The van der Waals surface area contributed by atoms with Gasteiger partial charge in [-0.2, -0.15) is 15.1 Å². The molecule has 0 aliphatic heterocycles. The first-order chi connectivity index (χ1) is 16.2. The standard InChI is InChI=1S/C24H22N8O/c1-32-15-18(13-28-32)29-24-30-22-21(20(14-27-22)17-7-4-10-26-12-17)23(31-24)33-19-8-2-5-16(11-19)6-3-9-25/h2-8,10-15H,9,25H2,1H3,(H2,27,29,30,31). The number of nitrogens with one attached hydrogen (secondary N) is 2. The van der Waals surface area contributed by atoms with Crippen LogP contribution in [0, 0.1) is 0 Å². The van der Waals surface area contributed by atoms with Gasteiger partial charge in [-0.1, -0.05) is 30.4 Å². The summed E-state index contributed by atoms with van der Waals surface area (Å²) in [5, 5.41) is 8.14. The van der Waals surface area contributed by atoms with E-state index in [-0.39, 0.29) is 0 Å². The van der Waals surface area contributed by atoms with Crippen molar-refractivity contribution in [1.82, 2.24) is 29.7 Å². The number of ether oxygens (including phenoxy) is 1. The largest absolute Gasteiger partial charge is 0.438 e. The van der Waals surface area contributed by atoms with Crippen LogP contribution in [0.4, 0.5) is 11.6 Å². The van der Waals surface area contributed by atoms with E-state index < -0.39 is 0 Å². The predicted molar refractivity (Wildman–Crippen MR) is 128 cm³/mol. The number of hydrogen-bond donors (Lipinski definition) is 3. The fourth-order valence-electron chi connectivity index (χ4n) is 3.49. The van der Waals surface area contributed by atoms with Crippen molar-refractivity contribution in [3.63, 3.8) is 0 Å². The first-order valence-electron chi connectivity index (χ1n) is 10.4. The molecule has 0 aliphatic carbocycles. The third-order valence-corrected chi connectivity index (χ3v) is 4.95. The lowest BCUT2D eigenvalue weighted by Gasteiger charge is -2.10. The van der Waals surface area contributed by atoms with E-state index >= 15 is 0 Å². The molecule has 4 heterocycles. The Morgan fingerprint density at radius 3 is 2.91 bits per heavy atom. The molecule has 0 saturated carbocycles. The van der Waals surface area contributed by atoms with Gasteiger partial charge in [0.1, 0.15) is 11.4 Å². The van der Waals surface area contributed by atoms with Gasteiger partial charge in [0.15, 0.2) is 0 Å². The lowest BCUT2D eigenvalue weighted by molar-refractivity contribution is 0.469. The van der Waals surface area contributed by atoms with E-state index in [9.17, 15) is 0 Å². The highest BCUT2D eigenvalue weighted by Gasteiger charge is 2.18. The van der Waals surface area contributed by atoms with Gasteiger partial charge >= 0.3 is 0 Å². The Kier molecular flexibility index (Phi) is 5.52. The number of aryl methyl sites for hydroxylation is 1. The lowest BCUT2D eigenvalue weighted by atomic mass is 10.1. The van der Waals surface area contributed by atoms with Gasteiger partial charge in [0.2, 0.25) is 11.8 Å². The number of H-pyrrole nitrogens is 1. The highest BCUT2D eigenvalue weighted by molar-refractivity contribution is 5.97. The van der Waals surface area contributed by atoms with Crippen LogP contribution >= 0.6 is 0 Å². The van der Waals surface area contributed by atoms with Crippen LogP contribution in [0.5, 0.6) is 11.6 Å². The van der Waals surface area contributed by atoms with Crippen molar-refractivity contribution in [2.45, 2.75) is 0 Å². The van der Waals surface area contributed by atoms with E-state index in [0.29, 0.717) is 29.8 Å². The third kappa shape index (κ3) is 4.43. The van der Waals surface area contributed by atoms with Gasteiger partial charge in [0.25, 0.3) is 0 Å². The number of nitrogens with two attached hydrogens (primary N) is 1. The monoisotopic (exact) mass is 438 g/mol. The summed E-state index contributed by atoms with van der Waals surface area (Å²) in [6.45, 7) is 0.471. The molecule has 4 aromatic heterocycles. The van der Waals surface area contributed by atoms with Crippen LogP contribution in [-0.2, 0) is 7.05 Å². The normalized spacial score (nSPS) is 11.3. The molecule has 0 fully saturated rings. The van der Waals surface area contributed by atoms with Crippen molar-refractivity contribution < 1.29 is 4.74 Å². The molecular formula is C24H22N8O. The molecular weight excluding hydrogens is 416 g/mol. The predicted octanol–water partition coefficient (Wildman–Crippen LogP) is 4.26. The second-order valence-corrected chi connectivity index (χ2v) is 7.36.